The number of aromatic nitrogens is 2. The molecule has 0 N–H and O–H groups in total. The smallest absolute Gasteiger partial charge is 0.305 e. The Balaban J connectivity index is 0.000000234. The minimum atomic E-state index is -4.41. The van der Waals surface area contributed by atoms with E-state index in [-0.39, 0.29) is 20.1 Å². The summed E-state index contributed by atoms with van der Waals surface area (Å²) in [6.45, 7) is 1.92. The molecule has 0 aliphatic rings. The number of halogens is 3. The molecule has 5 aromatic rings. The molecule has 0 saturated carbocycles. The molecule has 0 aliphatic heterocycles. The number of aryl methyl sites for hydroxylation is 1. The average molecular weight is 659 g/mol. The van der Waals surface area contributed by atoms with Crippen LogP contribution in [-0.2, 0) is 26.3 Å². The molecule has 0 fully saturated rings. The number of hydrogen-bond donors (Lipinski definition) is 0. The zero-order chi connectivity index (χ0) is 24.7. The second-order valence-corrected chi connectivity index (χ2v) is 7.72. The van der Waals surface area contributed by atoms with E-state index in [1.165, 1.54) is 6.07 Å². The molecule has 0 atom stereocenters. The van der Waals surface area contributed by atoms with Crippen LogP contribution in [0.4, 0.5) is 13.2 Å². The standard InChI is InChI=1S/C19H13F3N.C11H8N.Ir/c1-13-10-18(15-8-5-9-16(11-15)19(20,21)22)23-12-17(13)14-6-3-2-4-7-14;1-2-6-10(7-3-1)11-8-4-5-9-12-11;/h2-10,12H,1H3;1-6,8-9H;/q2*-1;. The fourth-order valence-corrected chi connectivity index (χ4v) is 3.48. The molecule has 2 heterocycles. The van der Waals surface area contributed by atoms with Gasteiger partial charge in [-0.15, -0.1) is 65.7 Å². The van der Waals surface area contributed by atoms with Crippen molar-refractivity contribution in [1.29, 1.82) is 0 Å². The minimum Gasteiger partial charge on any atom is -0.305 e. The third kappa shape index (κ3) is 6.97. The molecule has 0 spiro atoms. The van der Waals surface area contributed by atoms with E-state index in [1.54, 1.807) is 24.5 Å². The van der Waals surface area contributed by atoms with Gasteiger partial charge in [-0.2, -0.15) is 13.2 Å². The fraction of sp³-hybridized carbons (Fsp3) is 0.0667. The van der Waals surface area contributed by atoms with Crippen molar-refractivity contribution in [1.82, 2.24) is 9.97 Å². The molecule has 0 bridgehead atoms. The third-order valence-corrected chi connectivity index (χ3v) is 5.22. The van der Waals surface area contributed by atoms with Gasteiger partial charge >= 0.3 is 6.18 Å². The molecule has 0 saturated heterocycles. The quantitative estimate of drug-likeness (QED) is 0.183. The Labute approximate surface area is 222 Å². The van der Waals surface area contributed by atoms with Crippen LogP contribution in [0.15, 0.2) is 109 Å². The van der Waals surface area contributed by atoms with E-state index in [4.69, 9.17) is 0 Å². The van der Waals surface area contributed by atoms with Crippen LogP contribution >= 0.6 is 0 Å². The molecule has 2 nitrogen and oxygen atoms in total. The molecule has 2 aromatic heterocycles. The summed E-state index contributed by atoms with van der Waals surface area (Å²) in [7, 11) is 0. The van der Waals surface area contributed by atoms with Gasteiger partial charge in [0.15, 0.2) is 0 Å². The Hall–Kier alpha value is -3.60. The summed E-state index contributed by atoms with van der Waals surface area (Å²) >= 11 is 0. The number of nitrogens with zero attached hydrogens (tertiary/aromatic N) is 2. The van der Waals surface area contributed by atoms with Crippen LogP contribution < -0.4 is 0 Å². The molecular weight excluding hydrogens is 638 g/mol. The van der Waals surface area contributed by atoms with Crippen molar-refractivity contribution in [3.05, 3.63) is 133 Å². The van der Waals surface area contributed by atoms with Gasteiger partial charge in [0, 0.05) is 38.1 Å². The van der Waals surface area contributed by atoms with Gasteiger partial charge in [0.1, 0.15) is 0 Å². The number of alkyl halides is 3. The number of pyridine rings is 2. The largest absolute Gasteiger partial charge is 0.399 e. The SMILES string of the molecule is Cc1cc(-c2[c-]c(C(F)(F)F)ccc2)ncc1-c1ccccc1.[Ir].[c-]1ccccc1-c1ccccn1. The summed E-state index contributed by atoms with van der Waals surface area (Å²) in [5.41, 5.74) is 4.97. The maximum Gasteiger partial charge on any atom is 0.399 e. The normalized spacial score (nSPS) is 10.6. The molecule has 6 heteroatoms. The van der Waals surface area contributed by atoms with Crippen molar-refractivity contribution >= 4 is 0 Å². The zero-order valence-electron chi connectivity index (χ0n) is 19.3. The van der Waals surface area contributed by atoms with E-state index in [9.17, 15) is 13.2 Å². The molecular formula is C30H21F3IrN2-2. The van der Waals surface area contributed by atoms with Gasteiger partial charge in [-0.1, -0.05) is 48.5 Å². The first-order valence-electron chi connectivity index (χ1n) is 10.9. The van der Waals surface area contributed by atoms with Crippen molar-refractivity contribution in [2.45, 2.75) is 13.1 Å². The van der Waals surface area contributed by atoms with E-state index in [2.05, 4.69) is 22.1 Å². The van der Waals surface area contributed by atoms with E-state index in [0.29, 0.717) is 11.3 Å². The molecule has 0 aliphatic carbocycles. The Bertz CT molecular complexity index is 1340. The van der Waals surface area contributed by atoms with Gasteiger partial charge in [0.05, 0.1) is 0 Å². The maximum absolute atomic E-state index is 12.8. The van der Waals surface area contributed by atoms with Crippen LogP contribution in [-0.4, -0.2) is 9.97 Å². The maximum atomic E-state index is 12.8. The summed E-state index contributed by atoms with van der Waals surface area (Å²) < 4.78 is 38.4. The predicted molar refractivity (Wildman–Crippen MR) is 132 cm³/mol. The molecule has 1 radical (unpaired) electrons. The molecule has 183 valence electrons. The average Bonchev–Trinajstić information content (AvgIpc) is 2.90. The van der Waals surface area contributed by atoms with Gasteiger partial charge in [-0.25, -0.2) is 0 Å². The first-order valence-corrected chi connectivity index (χ1v) is 10.9. The van der Waals surface area contributed by atoms with Gasteiger partial charge in [-0.05, 0) is 41.1 Å². The summed E-state index contributed by atoms with van der Waals surface area (Å²) in [6.07, 6.45) is -0.931. The van der Waals surface area contributed by atoms with Crippen molar-refractivity contribution < 1.29 is 33.3 Å². The molecule has 36 heavy (non-hydrogen) atoms. The Morgan fingerprint density at radius 2 is 1.44 bits per heavy atom. The van der Waals surface area contributed by atoms with Crippen LogP contribution in [0.3, 0.4) is 0 Å². The van der Waals surface area contributed by atoms with Crippen molar-refractivity contribution in [2.24, 2.45) is 0 Å². The Kier molecular flexibility index (Phi) is 9.29. The van der Waals surface area contributed by atoms with E-state index < -0.39 is 11.7 Å². The van der Waals surface area contributed by atoms with Crippen molar-refractivity contribution in [3.8, 4) is 33.6 Å². The first kappa shape index (κ1) is 27.0. The fourth-order valence-electron chi connectivity index (χ4n) is 3.48. The Morgan fingerprint density at radius 3 is 2.08 bits per heavy atom. The summed E-state index contributed by atoms with van der Waals surface area (Å²) in [6, 6.07) is 34.7. The van der Waals surface area contributed by atoms with Crippen LogP contribution in [0.25, 0.3) is 33.6 Å². The third-order valence-electron chi connectivity index (χ3n) is 5.22. The molecule has 3 aromatic carbocycles. The summed E-state index contributed by atoms with van der Waals surface area (Å²) in [5.74, 6) is 0. The molecule has 0 unspecified atom stereocenters. The minimum absolute atomic E-state index is 0. The number of benzene rings is 3. The second-order valence-electron chi connectivity index (χ2n) is 7.72. The summed E-state index contributed by atoms with van der Waals surface area (Å²) in [4.78, 5) is 8.53. The second kappa shape index (κ2) is 12.4. The van der Waals surface area contributed by atoms with Gasteiger partial charge in [-0.3, -0.25) is 0 Å². The van der Waals surface area contributed by atoms with Crippen molar-refractivity contribution in [3.63, 3.8) is 0 Å². The number of rotatable bonds is 3. The monoisotopic (exact) mass is 659 g/mol. The van der Waals surface area contributed by atoms with E-state index in [1.807, 2.05) is 79.7 Å². The topological polar surface area (TPSA) is 25.8 Å². The van der Waals surface area contributed by atoms with Crippen LogP contribution in [0.2, 0.25) is 0 Å². The zero-order valence-corrected chi connectivity index (χ0v) is 21.6. The predicted octanol–water partition coefficient (Wildman–Crippen LogP) is 8.09. The molecule has 5 rings (SSSR count). The molecule has 0 amide bonds. The van der Waals surface area contributed by atoms with Crippen LogP contribution in [0.1, 0.15) is 11.1 Å². The van der Waals surface area contributed by atoms with Gasteiger partial charge in [0.2, 0.25) is 0 Å². The summed E-state index contributed by atoms with van der Waals surface area (Å²) in [5, 5.41) is 0. The number of hydrogen-bond acceptors (Lipinski definition) is 2. The van der Waals surface area contributed by atoms with E-state index in [0.717, 1.165) is 34.0 Å². The van der Waals surface area contributed by atoms with Crippen LogP contribution in [0.5, 0.6) is 0 Å². The van der Waals surface area contributed by atoms with Gasteiger partial charge < -0.3 is 9.97 Å². The van der Waals surface area contributed by atoms with Gasteiger partial charge in [0.25, 0.3) is 0 Å². The first-order chi connectivity index (χ1) is 16.9. The Morgan fingerprint density at radius 1 is 0.722 bits per heavy atom. The van der Waals surface area contributed by atoms with E-state index >= 15 is 0 Å². The van der Waals surface area contributed by atoms with Crippen molar-refractivity contribution in [2.75, 3.05) is 0 Å². The van der Waals surface area contributed by atoms with Crippen LogP contribution in [0, 0.1) is 19.1 Å².